The lowest BCUT2D eigenvalue weighted by Gasteiger charge is -2.36. The Morgan fingerprint density at radius 1 is 1.16 bits per heavy atom. The molecular formula is C27H28N6O4S. The summed E-state index contributed by atoms with van der Waals surface area (Å²) in [5.74, 6) is -0.330. The molecule has 0 unspecified atom stereocenters. The SMILES string of the molecule is C[C@@H]1CN(c2cccc(-c3csc(NC(=O)CNC(=O)c4ccc5c(c4)[C@H](C#N)COC5)n3)n2)C[C@H](C)O1. The number of carbonyl (C=O) groups is 2. The fourth-order valence-corrected chi connectivity index (χ4v) is 5.38. The molecule has 0 aliphatic carbocycles. The van der Waals surface area contributed by atoms with Crippen LogP contribution in [-0.2, 0) is 20.9 Å². The number of nitrogens with zero attached hydrogens (tertiary/aromatic N) is 4. The van der Waals surface area contributed by atoms with E-state index < -0.39 is 17.7 Å². The van der Waals surface area contributed by atoms with E-state index in [4.69, 9.17) is 14.5 Å². The second-order valence-corrected chi connectivity index (χ2v) is 10.3. The molecule has 0 saturated carbocycles. The van der Waals surface area contributed by atoms with E-state index >= 15 is 0 Å². The molecule has 0 bridgehead atoms. The number of anilines is 2. The molecule has 0 spiro atoms. The fraction of sp³-hybridized carbons (Fsp3) is 0.370. The summed E-state index contributed by atoms with van der Waals surface area (Å²) in [6.07, 6.45) is 0.254. The molecule has 1 saturated heterocycles. The molecule has 2 aliphatic rings. The summed E-state index contributed by atoms with van der Waals surface area (Å²) in [7, 11) is 0. The number of thiazole rings is 1. The third kappa shape index (κ3) is 5.83. The predicted octanol–water partition coefficient (Wildman–Crippen LogP) is 3.32. The fourth-order valence-electron chi connectivity index (χ4n) is 4.66. The Balaban J connectivity index is 1.18. The Labute approximate surface area is 224 Å². The van der Waals surface area contributed by atoms with Crippen LogP contribution in [-0.4, -0.2) is 60.2 Å². The second-order valence-electron chi connectivity index (χ2n) is 9.42. The first kappa shape index (κ1) is 25.8. The topological polar surface area (TPSA) is 129 Å². The van der Waals surface area contributed by atoms with Crippen molar-refractivity contribution in [2.24, 2.45) is 0 Å². The number of aromatic nitrogens is 2. The van der Waals surface area contributed by atoms with E-state index in [1.807, 2.05) is 23.6 Å². The number of amides is 2. The third-order valence-corrected chi connectivity index (χ3v) is 7.14. The van der Waals surface area contributed by atoms with Crippen LogP contribution in [0.1, 0.15) is 41.3 Å². The number of ether oxygens (including phenoxy) is 2. The average Bonchev–Trinajstić information content (AvgIpc) is 3.39. The van der Waals surface area contributed by atoms with E-state index in [2.05, 4.69) is 40.4 Å². The molecule has 2 aromatic heterocycles. The summed E-state index contributed by atoms with van der Waals surface area (Å²) in [4.78, 5) is 36.6. The Hall–Kier alpha value is -3.85. The van der Waals surface area contributed by atoms with Crippen molar-refractivity contribution < 1.29 is 19.1 Å². The molecular weight excluding hydrogens is 504 g/mol. The second kappa shape index (κ2) is 11.3. The number of rotatable bonds is 6. The molecule has 4 heterocycles. The van der Waals surface area contributed by atoms with Crippen molar-refractivity contribution in [3.8, 4) is 17.5 Å². The van der Waals surface area contributed by atoms with Gasteiger partial charge in [0.1, 0.15) is 11.5 Å². The molecule has 1 aromatic carbocycles. The van der Waals surface area contributed by atoms with E-state index in [1.54, 1.807) is 18.2 Å². The van der Waals surface area contributed by atoms with Gasteiger partial charge in [-0.2, -0.15) is 5.26 Å². The van der Waals surface area contributed by atoms with Gasteiger partial charge >= 0.3 is 0 Å². The van der Waals surface area contributed by atoms with Crippen molar-refractivity contribution in [3.05, 3.63) is 58.5 Å². The maximum absolute atomic E-state index is 12.6. The van der Waals surface area contributed by atoms with Crippen LogP contribution >= 0.6 is 11.3 Å². The van der Waals surface area contributed by atoms with Gasteiger partial charge in [-0.3, -0.25) is 9.59 Å². The molecule has 5 rings (SSSR count). The number of pyridine rings is 1. The summed E-state index contributed by atoms with van der Waals surface area (Å²) >= 11 is 1.29. The monoisotopic (exact) mass is 532 g/mol. The molecule has 2 N–H and O–H groups in total. The highest BCUT2D eigenvalue weighted by molar-refractivity contribution is 7.14. The minimum Gasteiger partial charge on any atom is -0.375 e. The number of nitriles is 1. The smallest absolute Gasteiger partial charge is 0.251 e. The van der Waals surface area contributed by atoms with Gasteiger partial charge in [-0.05, 0) is 49.2 Å². The number of nitrogens with one attached hydrogen (secondary N) is 2. The zero-order valence-electron chi connectivity index (χ0n) is 21.1. The molecule has 0 radical (unpaired) electrons. The van der Waals surface area contributed by atoms with E-state index in [1.165, 1.54) is 11.3 Å². The lowest BCUT2D eigenvalue weighted by Crippen LogP contribution is -2.45. The number of carbonyl (C=O) groups excluding carboxylic acids is 2. The molecule has 3 atom stereocenters. The van der Waals surface area contributed by atoms with Gasteiger partial charge in [0.2, 0.25) is 5.91 Å². The largest absolute Gasteiger partial charge is 0.375 e. The molecule has 11 heteroatoms. The number of fused-ring (bicyclic) bond motifs is 1. The average molecular weight is 533 g/mol. The summed E-state index contributed by atoms with van der Waals surface area (Å²) < 4.78 is 11.2. The lowest BCUT2D eigenvalue weighted by molar-refractivity contribution is -0.115. The van der Waals surface area contributed by atoms with Crippen molar-refractivity contribution in [2.45, 2.75) is 38.6 Å². The van der Waals surface area contributed by atoms with Gasteiger partial charge in [-0.1, -0.05) is 12.1 Å². The van der Waals surface area contributed by atoms with Crippen LogP contribution in [0.15, 0.2) is 41.8 Å². The predicted molar refractivity (Wildman–Crippen MR) is 143 cm³/mol. The first-order valence-corrected chi connectivity index (χ1v) is 13.3. The summed E-state index contributed by atoms with van der Waals surface area (Å²) in [5, 5.41) is 17.0. The van der Waals surface area contributed by atoms with Gasteiger partial charge in [0, 0.05) is 24.0 Å². The van der Waals surface area contributed by atoms with Gasteiger partial charge < -0.3 is 25.0 Å². The van der Waals surface area contributed by atoms with Crippen molar-refractivity contribution in [2.75, 3.05) is 36.5 Å². The highest BCUT2D eigenvalue weighted by atomic mass is 32.1. The molecule has 3 aromatic rings. The van der Waals surface area contributed by atoms with Crippen LogP contribution in [0.5, 0.6) is 0 Å². The van der Waals surface area contributed by atoms with Crippen LogP contribution in [0.4, 0.5) is 10.9 Å². The Bertz CT molecular complexity index is 1380. The van der Waals surface area contributed by atoms with Gasteiger partial charge in [0.25, 0.3) is 5.91 Å². The van der Waals surface area contributed by atoms with Crippen molar-refractivity contribution in [1.29, 1.82) is 5.26 Å². The van der Waals surface area contributed by atoms with Crippen LogP contribution in [0.25, 0.3) is 11.4 Å². The van der Waals surface area contributed by atoms with Crippen LogP contribution in [0.3, 0.4) is 0 Å². The summed E-state index contributed by atoms with van der Waals surface area (Å²) in [5.41, 5.74) is 3.46. The standard InChI is InChI=1S/C27H28N6O4S/c1-16-11-33(12-17(2)37-16)24-5-3-4-22(30-24)23-15-38-27(31-23)32-25(34)10-29-26(35)18-6-7-19-13-36-14-20(9-28)21(19)8-18/h3-8,15-17,20H,10-14H2,1-2H3,(H,29,35)(H,31,32,34)/t16-,17+,20-/m1/s1. The maximum atomic E-state index is 12.6. The number of benzene rings is 1. The zero-order chi connectivity index (χ0) is 26.6. The summed E-state index contributed by atoms with van der Waals surface area (Å²) in [6.45, 7) is 6.15. The molecule has 196 valence electrons. The highest BCUT2D eigenvalue weighted by Gasteiger charge is 2.24. The van der Waals surface area contributed by atoms with Gasteiger partial charge in [0.15, 0.2) is 5.13 Å². The number of hydrogen-bond donors (Lipinski definition) is 2. The van der Waals surface area contributed by atoms with E-state index in [9.17, 15) is 14.9 Å². The first-order chi connectivity index (χ1) is 18.4. The zero-order valence-corrected chi connectivity index (χ0v) is 22.0. The molecule has 2 aliphatic heterocycles. The van der Waals surface area contributed by atoms with Crippen molar-refractivity contribution in [3.63, 3.8) is 0 Å². The minimum absolute atomic E-state index is 0.127. The maximum Gasteiger partial charge on any atom is 0.251 e. The summed E-state index contributed by atoms with van der Waals surface area (Å²) in [6, 6.07) is 13.2. The van der Waals surface area contributed by atoms with Gasteiger partial charge in [-0.25, -0.2) is 9.97 Å². The molecule has 2 amide bonds. The quantitative estimate of drug-likeness (QED) is 0.495. The first-order valence-electron chi connectivity index (χ1n) is 12.4. The Kier molecular flexibility index (Phi) is 7.64. The molecule has 10 nitrogen and oxygen atoms in total. The normalized spacial score (nSPS) is 20.8. The molecule has 38 heavy (non-hydrogen) atoms. The third-order valence-electron chi connectivity index (χ3n) is 6.38. The lowest BCUT2D eigenvalue weighted by atomic mass is 9.92. The van der Waals surface area contributed by atoms with Crippen molar-refractivity contribution in [1.82, 2.24) is 15.3 Å². The Morgan fingerprint density at radius 2 is 1.97 bits per heavy atom. The van der Waals surface area contributed by atoms with Crippen molar-refractivity contribution >= 4 is 34.1 Å². The Morgan fingerprint density at radius 3 is 2.76 bits per heavy atom. The van der Waals surface area contributed by atoms with E-state index in [0.717, 1.165) is 30.0 Å². The van der Waals surface area contributed by atoms with E-state index in [-0.39, 0.29) is 18.8 Å². The minimum atomic E-state index is -0.412. The van der Waals surface area contributed by atoms with Crippen LogP contribution in [0, 0.1) is 11.3 Å². The van der Waals surface area contributed by atoms with Gasteiger partial charge in [-0.15, -0.1) is 11.3 Å². The number of hydrogen-bond acceptors (Lipinski definition) is 9. The van der Waals surface area contributed by atoms with Gasteiger partial charge in [0.05, 0.1) is 49.6 Å². The molecule has 1 fully saturated rings. The van der Waals surface area contributed by atoms with Crippen LogP contribution in [0.2, 0.25) is 0 Å². The van der Waals surface area contributed by atoms with E-state index in [0.29, 0.717) is 35.3 Å². The highest BCUT2D eigenvalue weighted by Crippen LogP contribution is 2.28. The van der Waals surface area contributed by atoms with Crippen LogP contribution < -0.4 is 15.5 Å². The number of morpholine rings is 1.